The maximum Gasteiger partial charge on any atom is 0.335 e. The summed E-state index contributed by atoms with van der Waals surface area (Å²) in [5, 5.41) is 21.8. The first-order valence-corrected chi connectivity index (χ1v) is 7.64. The van der Waals surface area contributed by atoms with E-state index in [9.17, 15) is 4.79 Å². The van der Waals surface area contributed by atoms with Crippen molar-refractivity contribution in [3.8, 4) is 0 Å². The summed E-state index contributed by atoms with van der Waals surface area (Å²) < 4.78 is 0. The van der Waals surface area contributed by atoms with Gasteiger partial charge >= 0.3 is 5.97 Å². The molecule has 24 heavy (non-hydrogen) atoms. The van der Waals surface area contributed by atoms with Crippen LogP contribution in [0.3, 0.4) is 0 Å². The van der Waals surface area contributed by atoms with Crippen molar-refractivity contribution >= 4 is 23.6 Å². The van der Waals surface area contributed by atoms with Crippen LogP contribution in [0.25, 0.3) is 0 Å². The molecule has 0 radical (unpaired) electrons. The number of aliphatic hydroxyl groups excluding tert-OH is 1. The lowest BCUT2D eigenvalue weighted by atomic mass is 10.2. The van der Waals surface area contributed by atoms with Crippen LogP contribution in [0.4, 0.5) is 11.4 Å². The summed E-state index contributed by atoms with van der Waals surface area (Å²) in [6.07, 6.45) is 2.44. The van der Waals surface area contributed by atoms with Crippen molar-refractivity contribution in [1.82, 2.24) is 0 Å². The minimum absolute atomic E-state index is 0.189. The Morgan fingerprint density at radius 3 is 2.42 bits per heavy atom. The van der Waals surface area contributed by atoms with Gasteiger partial charge in [-0.1, -0.05) is 12.1 Å². The van der Waals surface area contributed by atoms with E-state index in [-0.39, 0.29) is 12.2 Å². The van der Waals surface area contributed by atoms with Gasteiger partial charge in [0.2, 0.25) is 0 Å². The van der Waals surface area contributed by atoms with E-state index in [1.807, 2.05) is 31.3 Å². The quantitative estimate of drug-likeness (QED) is 0.513. The van der Waals surface area contributed by atoms with Gasteiger partial charge in [0.25, 0.3) is 0 Å². The lowest BCUT2D eigenvalue weighted by Gasteiger charge is -2.18. The first-order chi connectivity index (χ1) is 11.6. The second kappa shape index (κ2) is 8.69. The normalized spacial score (nSPS) is 10.8. The average Bonchev–Trinajstić information content (AvgIpc) is 2.60. The van der Waals surface area contributed by atoms with E-state index in [1.165, 1.54) is 12.1 Å². The van der Waals surface area contributed by atoms with Crippen LogP contribution in [0, 0.1) is 0 Å². The highest BCUT2D eigenvalue weighted by Crippen LogP contribution is 2.13. The zero-order valence-electron chi connectivity index (χ0n) is 13.5. The molecule has 2 aromatic rings. The minimum Gasteiger partial charge on any atom is -0.478 e. The summed E-state index contributed by atoms with van der Waals surface area (Å²) in [6.45, 7) is 0.992. The number of aliphatic hydroxyl groups is 1. The highest BCUT2D eigenvalue weighted by molar-refractivity contribution is 5.88. The molecule has 0 atom stereocenters. The van der Waals surface area contributed by atoms with Gasteiger partial charge in [0.1, 0.15) is 0 Å². The zero-order chi connectivity index (χ0) is 17.4. The molecule has 0 aromatic heterocycles. The fraction of sp³-hybridized carbons (Fsp3) is 0.222. The number of aromatic carboxylic acids is 1. The molecule has 0 heterocycles. The largest absolute Gasteiger partial charge is 0.478 e. The van der Waals surface area contributed by atoms with Crippen molar-refractivity contribution < 1.29 is 15.0 Å². The Balaban J connectivity index is 1.91. The van der Waals surface area contributed by atoms with Crippen molar-refractivity contribution in [3.63, 3.8) is 0 Å². The third-order valence-electron chi connectivity index (χ3n) is 3.52. The number of carboxylic acid groups (broad SMARTS) is 1. The summed E-state index contributed by atoms with van der Waals surface area (Å²) in [5.74, 6) is -0.950. The number of benzene rings is 2. The molecule has 0 spiro atoms. The fourth-order valence-electron chi connectivity index (χ4n) is 2.12. The number of hydrogen-bond donors (Lipinski definition) is 3. The van der Waals surface area contributed by atoms with Crippen LogP contribution in [0.1, 0.15) is 22.3 Å². The smallest absolute Gasteiger partial charge is 0.335 e. The van der Waals surface area contributed by atoms with Crippen LogP contribution in [-0.4, -0.2) is 42.6 Å². The van der Waals surface area contributed by atoms with E-state index in [0.29, 0.717) is 0 Å². The Bertz CT molecular complexity index is 682. The molecule has 0 aliphatic carbocycles. The van der Waals surface area contributed by atoms with Crippen molar-refractivity contribution in [1.29, 1.82) is 0 Å². The Hall–Kier alpha value is -2.86. The van der Waals surface area contributed by atoms with Crippen molar-refractivity contribution in [2.75, 3.05) is 30.5 Å². The molecule has 3 N–H and O–H groups in total. The lowest BCUT2D eigenvalue weighted by Crippen LogP contribution is -2.19. The predicted octanol–water partition coefficient (Wildman–Crippen LogP) is 2.65. The molecule has 0 unspecified atom stereocenters. The second-order valence-electron chi connectivity index (χ2n) is 5.34. The standard InChI is InChI=1S/C18H21N3O3/c1-21(11-2-12-22)17-9-3-14(4-10-17)13-19-20-16-7-5-15(6-8-16)18(23)24/h3-10,13,20,22H,2,11-12H2,1H3,(H,23,24)/b19-13+. The van der Waals surface area contributed by atoms with E-state index in [2.05, 4.69) is 15.4 Å². The summed E-state index contributed by atoms with van der Waals surface area (Å²) >= 11 is 0. The van der Waals surface area contributed by atoms with Crippen molar-refractivity contribution in [2.45, 2.75) is 6.42 Å². The van der Waals surface area contributed by atoms with Gasteiger partial charge < -0.3 is 15.1 Å². The topological polar surface area (TPSA) is 85.2 Å². The van der Waals surface area contributed by atoms with Gasteiger partial charge in [0.15, 0.2) is 0 Å². The molecule has 0 saturated carbocycles. The number of carboxylic acids is 1. The molecule has 2 aromatic carbocycles. The van der Waals surface area contributed by atoms with E-state index in [0.717, 1.165) is 29.9 Å². The van der Waals surface area contributed by atoms with Crippen LogP contribution in [0.5, 0.6) is 0 Å². The molecule has 0 aliphatic heterocycles. The first kappa shape index (κ1) is 17.5. The van der Waals surface area contributed by atoms with E-state index in [1.54, 1.807) is 18.3 Å². The molecule has 6 nitrogen and oxygen atoms in total. The summed E-state index contributed by atoms with van der Waals surface area (Å²) in [6, 6.07) is 14.3. The van der Waals surface area contributed by atoms with Crippen LogP contribution in [0.15, 0.2) is 53.6 Å². The molecule has 0 fully saturated rings. The Morgan fingerprint density at radius 2 is 1.83 bits per heavy atom. The van der Waals surface area contributed by atoms with Gasteiger partial charge in [-0.05, 0) is 48.4 Å². The molecular weight excluding hydrogens is 306 g/mol. The summed E-state index contributed by atoms with van der Waals surface area (Å²) in [4.78, 5) is 12.9. The SMILES string of the molecule is CN(CCCO)c1ccc(/C=N/Nc2ccc(C(=O)O)cc2)cc1. The monoisotopic (exact) mass is 327 g/mol. The molecule has 0 amide bonds. The van der Waals surface area contributed by atoms with Crippen molar-refractivity contribution in [3.05, 3.63) is 59.7 Å². The number of rotatable bonds is 8. The van der Waals surface area contributed by atoms with Crippen molar-refractivity contribution in [2.24, 2.45) is 5.10 Å². The first-order valence-electron chi connectivity index (χ1n) is 7.64. The van der Waals surface area contributed by atoms with Crippen LogP contribution in [0.2, 0.25) is 0 Å². The van der Waals surface area contributed by atoms with Gasteiger partial charge in [-0.3, -0.25) is 5.43 Å². The minimum atomic E-state index is -0.950. The Morgan fingerprint density at radius 1 is 1.17 bits per heavy atom. The molecule has 0 aliphatic rings. The predicted molar refractivity (Wildman–Crippen MR) is 96.0 cm³/mol. The molecule has 2 rings (SSSR count). The number of nitrogens with one attached hydrogen (secondary N) is 1. The van der Waals surface area contributed by atoms with Gasteiger partial charge in [-0.2, -0.15) is 5.10 Å². The summed E-state index contributed by atoms with van der Waals surface area (Å²) in [7, 11) is 1.99. The van der Waals surface area contributed by atoms with Crippen LogP contribution >= 0.6 is 0 Å². The van der Waals surface area contributed by atoms with Gasteiger partial charge in [-0.15, -0.1) is 0 Å². The van der Waals surface area contributed by atoms with Crippen LogP contribution in [-0.2, 0) is 0 Å². The average molecular weight is 327 g/mol. The van der Waals surface area contributed by atoms with Gasteiger partial charge in [0, 0.05) is 25.9 Å². The highest BCUT2D eigenvalue weighted by atomic mass is 16.4. The number of nitrogens with zero attached hydrogens (tertiary/aromatic N) is 2. The molecule has 6 heteroatoms. The van der Waals surface area contributed by atoms with E-state index < -0.39 is 5.97 Å². The molecule has 0 saturated heterocycles. The number of hydrogen-bond acceptors (Lipinski definition) is 5. The van der Waals surface area contributed by atoms with Gasteiger partial charge in [0.05, 0.1) is 17.5 Å². The second-order valence-corrected chi connectivity index (χ2v) is 5.34. The molecule has 126 valence electrons. The van der Waals surface area contributed by atoms with E-state index in [4.69, 9.17) is 10.2 Å². The Labute approximate surface area is 141 Å². The van der Waals surface area contributed by atoms with E-state index >= 15 is 0 Å². The maximum absolute atomic E-state index is 10.8. The molecule has 0 bridgehead atoms. The number of anilines is 2. The zero-order valence-corrected chi connectivity index (χ0v) is 13.5. The number of carbonyl (C=O) groups is 1. The maximum atomic E-state index is 10.8. The third kappa shape index (κ3) is 5.10. The number of hydrazone groups is 1. The van der Waals surface area contributed by atoms with Crippen LogP contribution < -0.4 is 10.3 Å². The lowest BCUT2D eigenvalue weighted by molar-refractivity contribution is 0.0697. The van der Waals surface area contributed by atoms with Gasteiger partial charge in [-0.25, -0.2) is 4.79 Å². The fourth-order valence-corrected chi connectivity index (χ4v) is 2.12. The molecular formula is C18H21N3O3. The Kier molecular flexibility index (Phi) is 6.33. The third-order valence-corrected chi connectivity index (χ3v) is 3.52. The highest BCUT2D eigenvalue weighted by Gasteiger charge is 2.01. The summed E-state index contributed by atoms with van der Waals surface area (Å²) in [5.41, 5.74) is 5.85.